The number of anilines is 1. The molecule has 4 rings (SSSR count). The van der Waals surface area contributed by atoms with Gasteiger partial charge in [-0.2, -0.15) is 0 Å². The number of hydrogen-bond donors (Lipinski definition) is 1. The van der Waals surface area contributed by atoms with Crippen LogP contribution in [0.2, 0.25) is 0 Å². The van der Waals surface area contributed by atoms with E-state index in [2.05, 4.69) is 4.98 Å². The van der Waals surface area contributed by atoms with Crippen molar-refractivity contribution in [2.75, 3.05) is 4.90 Å². The normalized spacial score (nSPS) is 17.2. The fraction of sp³-hybridized carbons (Fsp3) is 0.0556. The predicted octanol–water partition coefficient (Wildman–Crippen LogP) is 4.13. The molecule has 0 bridgehead atoms. The van der Waals surface area contributed by atoms with Crippen molar-refractivity contribution in [3.05, 3.63) is 80.9 Å². The fourth-order valence-corrected chi connectivity index (χ4v) is 4.25. The van der Waals surface area contributed by atoms with Crippen LogP contribution in [0.4, 0.5) is 9.52 Å². The smallest absolute Gasteiger partial charge is 0.296 e. The fourth-order valence-electron chi connectivity index (χ4n) is 2.90. The van der Waals surface area contributed by atoms with Gasteiger partial charge in [0.05, 0.1) is 16.5 Å². The molecule has 0 unspecified atom stereocenters. The average Bonchev–Trinajstić information content (AvgIpc) is 3.37. The number of amides is 1. The molecule has 2 aromatic heterocycles. The lowest BCUT2D eigenvalue weighted by molar-refractivity contribution is -0.117. The van der Waals surface area contributed by atoms with Crippen LogP contribution in [0.1, 0.15) is 21.3 Å². The number of aliphatic hydroxyl groups excluding tert-OH is 1. The number of nitrogens with zero attached hydrogens (tertiary/aromatic N) is 2. The summed E-state index contributed by atoms with van der Waals surface area (Å²) in [5.74, 6) is -2.32. The lowest BCUT2D eigenvalue weighted by Crippen LogP contribution is -2.30. The molecule has 0 saturated heterocycles. The van der Waals surface area contributed by atoms with E-state index >= 15 is 0 Å². The van der Waals surface area contributed by atoms with E-state index in [0.29, 0.717) is 15.6 Å². The van der Waals surface area contributed by atoms with E-state index in [1.807, 2.05) is 0 Å². The van der Waals surface area contributed by atoms with Gasteiger partial charge < -0.3 is 5.11 Å². The number of benzene rings is 1. The molecule has 0 radical (unpaired) electrons. The summed E-state index contributed by atoms with van der Waals surface area (Å²) >= 11 is 2.40. The molecular weight excluding hydrogens is 375 g/mol. The second kappa shape index (κ2) is 6.47. The number of thiophene rings is 1. The van der Waals surface area contributed by atoms with Gasteiger partial charge in [-0.3, -0.25) is 14.5 Å². The first-order valence-electron chi connectivity index (χ1n) is 7.58. The second-order valence-corrected chi connectivity index (χ2v) is 7.34. The molecule has 0 saturated carbocycles. The van der Waals surface area contributed by atoms with Crippen molar-refractivity contribution < 1.29 is 19.1 Å². The Labute approximate surface area is 155 Å². The van der Waals surface area contributed by atoms with Crippen molar-refractivity contribution in [2.24, 2.45) is 0 Å². The number of Topliss-reactive ketones (excluding diaryl/α,β-unsaturated/α-hetero) is 1. The van der Waals surface area contributed by atoms with Crippen LogP contribution in [-0.4, -0.2) is 21.8 Å². The molecule has 0 fully saturated rings. The van der Waals surface area contributed by atoms with E-state index in [-0.39, 0.29) is 5.57 Å². The first-order chi connectivity index (χ1) is 12.6. The van der Waals surface area contributed by atoms with Crippen LogP contribution in [0.25, 0.3) is 0 Å². The second-order valence-electron chi connectivity index (χ2n) is 5.52. The Balaban J connectivity index is 1.89. The number of thiazole rings is 1. The van der Waals surface area contributed by atoms with E-state index < -0.39 is 29.3 Å². The van der Waals surface area contributed by atoms with Crippen LogP contribution >= 0.6 is 22.7 Å². The van der Waals surface area contributed by atoms with Gasteiger partial charge in [-0.15, -0.1) is 22.7 Å². The van der Waals surface area contributed by atoms with Gasteiger partial charge in [-0.25, -0.2) is 9.37 Å². The van der Waals surface area contributed by atoms with Crippen molar-refractivity contribution >= 4 is 39.5 Å². The molecule has 5 nitrogen and oxygen atoms in total. The topological polar surface area (TPSA) is 70.5 Å². The molecule has 1 aliphatic rings. The lowest BCUT2D eigenvalue weighted by atomic mass is 9.95. The van der Waals surface area contributed by atoms with Crippen molar-refractivity contribution in [3.63, 3.8) is 0 Å². The van der Waals surface area contributed by atoms with E-state index in [1.165, 1.54) is 52.0 Å². The van der Waals surface area contributed by atoms with Gasteiger partial charge in [0.25, 0.3) is 5.91 Å². The third-order valence-corrected chi connectivity index (χ3v) is 5.63. The SMILES string of the molecule is O=C(C1=C(O)C(=O)N(c2nccs2)[C@H]1c1cccc(F)c1)c1cccs1. The number of carbonyl (C=O) groups excluding carboxylic acids is 2. The molecule has 130 valence electrons. The molecule has 1 amide bonds. The van der Waals surface area contributed by atoms with Gasteiger partial charge in [0.2, 0.25) is 5.78 Å². The highest BCUT2D eigenvalue weighted by atomic mass is 32.1. The minimum absolute atomic E-state index is 0.0711. The maximum absolute atomic E-state index is 13.8. The summed E-state index contributed by atoms with van der Waals surface area (Å²) in [5.41, 5.74) is 0.316. The maximum atomic E-state index is 13.8. The Kier molecular flexibility index (Phi) is 4.14. The first kappa shape index (κ1) is 16.6. The van der Waals surface area contributed by atoms with Crippen molar-refractivity contribution in [1.82, 2.24) is 4.98 Å². The Hall–Kier alpha value is -2.84. The Morgan fingerprint density at radius 2 is 2.04 bits per heavy atom. The van der Waals surface area contributed by atoms with Gasteiger partial charge in [0.1, 0.15) is 5.82 Å². The summed E-state index contributed by atoms with van der Waals surface area (Å²) in [5, 5.41) is 14.2. The van der Waals surface area contributed by atoms with Crippen LogP contribution in [0.3, 0.4) is 0 Å². The van der Waals surface area contributed by atoms with E-state index in [4.69, 9.17) is 0 Å². The van der Waals surface area contributed by atoms with E-state index in [9.17, 15) is 19.1 Å². The maximum Gasteiger partial charge on any atom is 0.296 e. The predicted molar refractivity (Wildman–Crippen MR) is 97.0 cm³/mol. The summed E-state index contributed by atoms with van der Waals surface area (Å²) in [6.07, 6.45) is 1.52. The van der Waals surface area contributed by atoms with Gasteiger partial charge in [-0.1, -0.05) is 18.2 Å². The number of halogens is 1. The number of aliphatic hydroxyl groups is 1. The standard InChI is InChI=1S/C18H11FN2O3S2/c19-11-4-1-3-10(9-11)14-13(15(22)12-5-2-7-25-12)16(23)17(24)21(14)18-20-6-8-26-18/h1-9,14,23H/t14-/m0/s1. The van der Waals surface area contributed by atoms with E-state index in [0.717, 1.165) is 0 Å². The Morgan fingerprint density at radius 3 is 2.69 bits per heavy atom. The van der Waals surface area contributed by atoms with Gasteiger partial charge in [-0.05, 0) is 29.1 Å². The molecule has 1 aromatic carbocycles. The van der Waals surface area contributed by atoms with Crippen LogP contribution in [0.5, 0.6) is 0 Å². The molecule has 26 heavy (non-hydrogen) atoms. The van der Waals surface area contributed by atoms with Gasteiger partial charge >= 0.3 is 0 Å². The number of aromatic nitrogens is 1. The molecule has 1 aliphatic heterocycles. The highest BCUT2D eigenvalue weighted by Gasteiger charge is 2.45. The van der Waals surface area contributed by atoms with E-state index in [1.54, 1.807) is 29.0 Å². The minimum atomic E-state index is -0.945. The Morgan fingerprint density at radius 1 is 1.19 bits per heavy atom. The molecule has 0 spiro atoms. The van der Waals surface area contributed by atoms with Crippen molar-refractivity contribution in [3.8, 4) is 0 Å². The minimum Gasteiger partial charge on any atom is -0.503 e. The van der Waals surface area contributed by atoms with Crippen LogP contribution in [0.15, 0.2) is 64.7 Å². The molecule has 0 aliphatic carbocycles. The number of hydrogen-bond acceptors (Lipinski definition) is 6. The molecule has 3 heterocycles. The summed E-state index contributed by atoms with van der Waals surface area (Å²) in [6, 6.07) is 8.02. The third-order valence-electron chi connectivity index (χ3n) is 3.99. The highest BCUT2D eigenvalue weighted by molar-refractivity contribution is 7.14. The number of ketones is 1. The molecule has 3 aromatic rings. The summed E-state index contributed by atoms with van der Waals surface area (Å²) in [7, 11) is 0. The third kappa shape index (κ3) is 2.63. The van der Waals surface area contributed by atoms with Crippen LogP contribution in [0, 0.1) is 5.82 Å². The van der Waals surface area contributed by atoms with Crippen LogP contribution < -0.4 is 4.90 Å². The van der Waals surface area contributed by atoms with Crippen molar-refractivity contribution in [2.45, 2.75) is 6.04 Å². The monoisotopic (exact) mass is 386 g/mol. The molecule has 1 N–H and O–H groups in total. The zero-order chi connectivity index (χ0) is 18.3. The highest BCUT2D eigenvalue weighted by Crippen LogP contribution is 2.42. The summed E-state index contributed by atoms with van der Waals surface area (Å²) in [4.78, 5) is 31.4. The number of rotatable bonds is 4. The zero-order valence-corrected chi connectivity index (χ0v) is 14.8. The number of carbonyl (C=O) groups is 2. The Bertz CT molecular complexity index is 1010. The largest absolute Gasteiger partial charge is 0.503 e. The van der Waals surface area contributed by atoms with Crippen molar-refractivity contribution in [1.29, 1.82) is 0 Å². The van der Waals surface area contributed by atoms with Gasteiger partial charge in [0.15, 0.2) is 10.9 Å². The van der Waals surface area contributed by atoms with Gasteiger partial charge in [0, 0.05) is 11.6 Å². The first-order valence-corrected chi connectivity index (χ1v) is 9.33. The van der Waals surface area contributed by atoms with Crippen LogP contribution in [-0.2, 0) is 4.79 Å². The lowest BCUT2D eigenvalue weighted by Gasteiger charge is -2.24. The molecule has 1 atom stereocenters. The summed E-state index contributed by atoms with van der Waals surface area (Å²) < 4.78 is 13.8. The quantitative estimate of drug-likeness (QED) is 0.685. The molecule has 8 heteroatoms. The molecular formula is C18H11FN2O3S2. The zero-order valence-electron chi connectivity index (χ0n) is 13.1. The average molecular weight is 386 g/mol. The summed E-state index contributed by atoms with van der Waals surface area (Å²) in [6.45, 7) is 0.